The van der Waals surface area contributed by atoms with Gasteiger partial charge in [0.2, 0.25) is 0 Å². The van der Waals surface area contributed by atoms with Gasteiger partial charge in [0.15, 0.2) is 0 Å². The Morgan fingerprint density at radius 3 is 2.94 bits per heavy atom. The van der Waals surface area contributed by atoms with E-state index in [1.165, 1.54) is 18.5 Å². The molecule has 1 unspecified atom stereocenters. The van der Waals surface area contributed by atoms with Crippen molar-refractivity contribution < 1.29 is 4.74 Å². The van der Waals surface area contributed by atoms with Gasteiger partial charge in [0.25, 0.3) is 0 Å². The zero-order chi connectivity index (χ0) is 12.3. The van der Waals surface area contributed by atoms with Crippen molar-refractivity contribution in [2.45, 2.75) is 58.3 Å². The zero-order valence-corrected chi connectivity index (χ0v) is 11.2. The third-order valence-electron chi connectivity index (χ3n) is 3.15. The molecule has 1 N–H and O–H groups in total. The molecular weight excluding hydrogens is 212 g/mol. The van der Waals surface area contributed by atoms with E-state index >= 15 is 0 Å². The van der Waals surface area contributed by atoms with E-state index in [0.717, 1.165) is 19.7 Å². The lowest BCUT2D eigenvalue weighted by Gasteiger charge is -2.22. The average Bonchev–Trinajstić information content (AvgIpc) is 2.86. The summed E-state index contributed by atoms with van der Waals surface area (Å²) in [5, 5.41) is 3.53. The molecule has 17 heavy (non-hydrogen) atoms. The van der Waals surface area contributed by atoms with Crippen molar-refractivity contribution in [3.8, 4) is 0 Å². The van der Waals surface area contributed by atoms with Crippen LogP contribution < -0.4 is 5.32 Å². The maximum absolute atomic E-state index is 5.69. The molecular formula is C14H24N2O. The Labute approximate surface area is 104 Å². The summed E-state index contributed by atoms with van der Waals surface area (Å²) in [7, 11) is 0. The summed E-state index contributed by atoms with van der Waals surface area (Å²) in [5.74, 6) is 0. The normalized spacial score (nSPS) is 21.0. The molecule has 0 bridgehead atoms. The van der Waals surface area contributed by atoms with Gasteiger partial charge in [0.05, 0.1) is 6.10 Å². The van der Waals surface area contributed by atoms with Crippen molar-refractivity contribution in [1.29, 1.82) is 0 Å². The predicted molar refractivity (Wildman–Crippen MR) is 70.0 cm³/mol. The van der Waals surface area contributed by atoms with Crippen molar-refractivity contribution in [1.82, 2.24) is 9.88 Å². The van der Waals surface area contributed by atoms with Gasteiger partial charge in [-0.1, -0.05) is 0 Å². The lowest BCUT2D eigenvalue weighted by Crippen LogP contribution is -2.35. The number of nitrogens with zero attached hydrogens (tertiary/aromatic N) is 1. The quantitative estimate of drug-likeness (QED) is 0.869. The van der Waals surface area contributed by atoms with Crippen LogP contribution in [0.5, 0.6) is 0 Å². The highest BCUT2D eigenvalue weighted by atomic mass is 16.5. The summed E-state index contributed by atoms with van der Waals surface area (Å²) in [6.45, 7) is 9.43. The van der Waals surface area contributed by atoms with Crippen molar-refractivity contribution in [3.63, 3.8) is 0 Å². The van der Waals surface area contributed by atoms with Gasteiger partial charge in [-0.25, -0.2) is 0 Å². The summed E-state index contributed by atoms with van der Waals surface area (Å²) < 4.78 is 8.00. The Kier molecular flexibility index (Phi) is 3.89. The second-order valence-corrected chi connectivity index (χ2v) is 5.89. The number of hydrogen-bond donors (Lipinski definition) is 1. The Hall–Kier alpha value is -0.800. The lowest BCUT2D eigenvalue weighted by atomic mass is 10.1. The SMILES string of the molecule is CC(C)(C)NCc1cccn1CC1CCCO1. The number of nitrogens with one attached hydrogen (secondary N) is 1. The summed E-state index contributed by atoms with van der Waals surface area (Å²) >= 11 is 0. The number of ether oxygens (including phenoxy) is 1. The minimum atomic E-state index is 0.166. The second-order valence-electron chi connectivity index (χ2n) is 5.89. The summed E-state index contributed by atoms with van der Waals surface area (Å²) in [6.07, 6.45) is 4.98. The standard InChI is InChI=1S/C14H24N2O/c1-14(2,3)15-10-12-6-4-8-16(12)11-13-7-5-9-17-13/h4,6,8,13,15H,5,7,9-11H2,1-3H3. The monoisotopic (exact) mass is 236 g/mol. The van der Waals surface area contributed by atoms with Gasteiger partial charge in [-0.05, 0) is 45.7 Å². The zero-order valence-electron chi connectivity index (χ0n) is 11.2. The molecule has 96 valence electrons. The summed E-state index contributed by atoms with van der Waals surface area (Å²) in [5.41, 5.74) is 1.51. The van der Waals surface area contributed by atoms with Crippen LogP contribution in [-0.4, -0.2) is 22.8 Å². The summed E-state index contributed by atoms with van der Waals surface area (Å²) in [6, 6.07) is 4.31. The van der Waals surface area contributed by atoms with E-state index in [1.807, 2.05) is 0 Å². The molecule has 0 saturated carbocycles. The van der Waals surface area contributed by atoms with E-state index in [1.54, 1.807) is 0 Å². The first-order valence-electron chi connectivity index (χ1n) is 6.55. The fourth-order valence-electron chi connectivity index (χ4n) is 2.15. The van der Waals surface area contributed by atoms with Gasteiger partial charge in [-0.3, -0.25) is 0 Å². The maximum atomic E-state index is 5.69. The minimum absolute atomic E-state index is 0.166. The fourth-order valence-corrected chi connectivity index (χ4v) is 2.15. The Bertz CT molecular complexity index is 345. The van der Waals surface area contributed by atoms with Gasteiger partial charge in [0.1, 0.15) is 0 Å². The van der Waals surface area contributed by atoms with Crippen LogP contribution in [0.3, 0.4) is 0 Å². The average molecular weight is 236 g/mol. The van der Waals surface area contributed by atoms with Crippen LogP contribution in [-0.2, 0) is 17.8 Å². The fraction of sp³-hybridized carbons (Fsp3) is 0.714. The molecule has 1 aliphatic rings. The first kappa shape index (κ1) is 12.7. The van der Waals surface area contributed by atoms with Gasteiger partial charge >= 0.3 is 0 Å². The van der Waals surface area contributed by atoms with E-state index in [0.29, 0.717) is 6.10 Å². The van der Waals surface area contributed by atoms with Gasteiger partial charge < -0.3 is 14.6 Å². The highest BCUT2D eigenvalue weighted by Crippen LogP contribution is 2.15. The van der Waals surface area contributed by atoms with Crippen molar-refractivity contribution >= 4 is 0 Å². The molecule has 2 heterocycles. The number of aromatic nitrogens is 1. The van der Waals surface area contributed by atoms with Crippen LogP contribution in [0.1, 0.15) is 39.3 Å². The molecule has 3 nitrogen and oxygen atoms in total. The molecule has 2 rings (SSSR count). The van der Waals surface area contributed by atoms with Gasteiger partial charge in [0, 0.05) is 37.1 Å². The third-order valence-corrected chi connectivity index (χ3v) is 3.15. The van der Waals surface area contributed by atoms with Crippen molar-refractivity contribution in [2.24, 2.45) is 0 Å². The molecule has 3 heteroatoms. The topological polar surface area (TPSA) is 26.2 Å². The van der Waals surface area contributed by atoms with Gasteiger partial charge in [-0.2, -0.15) is 0 Å². The van der Waals surface area contributed by atoms with E-state index < -0.39 is 0 Å². The predicted octanol–water partition coefficient (Wildman–Crippen LogP) is 2.56. The molecule has 0 radical (unpaired) electrons. The smallest absolute Gasteiger partial charge is 0.0754 e. The van der Waals surface area contributed by atoms with E-state index in [4.69, 9.17) is 4.74 Å². The molecule has 1 saturated heterocycles. The summed E-state index contributed by atoms with van der Waals surface area (Å²) in [4.78, 5) is 0. The van der Waals surface area contributed by atoms with Crippen LogP contribution in [0, 0.1) is 0 Å². The maximum Gasteiger partial charge on any atom is 0.0754 e. The minimum Gasteiger partial charge on any atom is -0.376 e. The van der Waals surface area contributed by atoms with Gasteiger partial charge in [-0.15, -0.1) is 0 Å². The first-order valence-corrected chi connectivity index (χ1v) is 6.55. The third kappa shape index (κ3) is 3.86. The van der Waals surface area contributed by atoms with Crippen LogP contribution in [0.25, 0.3) is 0 Å². The molecule has 1 atom stereocenters. The molecule has 1 aromatic rings. The Morgan fingerprint density at radius 2 is 2.29 bits per heavy atom. The van der Waals surface area contributed by atoms with Crippen molar-refractivity contribution in [3.05, 3.63) is 24.0 Å². The highest BCUT2D eigenvalue weighted by molar-refractivity contribution is 5.07. The molecule has 0 amide bonds. The van der Waals surface area contributed by atoms with Crippen LogP contribution in [0.4, 0.5) is 0 Å². The molecule has 0 spiro atoms. The molecule has 1 aromatic heterocycles. The van der Waals surface area contributed by atoms with Crippen LogP contribution >= 0.6 is 0 Å². The molecule has 0 aliphatic carbocycles. The lowest BCUT2D eigenvalue weighted by molar-refractivity contribution is 0.0963. The first-order chi connectivity index (χ1) is 8.04. The largest absolute Gasteiger partial charge is 0.376 e. The molecule has 0 aromatic carbocycles. The number of hydrogen-bond acceptors (Lipinski definition) is 2. The van der Waals surface area contributed by atoms with Crippen molar-refractivity contribution in [2.75, 3.05) is 6.61 Å². The van der Waals surface area contributed by atoms with Crippen LogP contribution in [0.2, 0.25) is 0 Å². The number of rotatable bonds is 4. The Balaban J connectivity index is 1.91. The second kappa shape index (κ2) is 5.23. The highest BCUT2D eigenvalue weighted by Gasteiger charge is 2.17. The molecule has 1 aliphatic heterocycles. The van der Waals surface area contributed by atoms with Crippen LogP contribution in [0.15, 0.2) is 18.3 Å². The van der Waals surface area contributed by atoms with E-state index in [-0.39, 0.29) is 5.54 Å². The van der Waals surface area contributed by atoms with E-state index in [9.17, 15) is 0 Å². The van der Waals surface area contributed by atoms with E-state index in [2.05, 4.69) is 49.0 Å². The molecule has 1 fully saturated rings. The Morgan fingerprint density at radius 1 is 1.47 bits per heavy atom.